The first-order valence-corrected chi connectivity index (χ1v) is 3.12. The summed E-state index contributed by atoms with van der Waals surface area (Å²) in [6, 6.07) is 0. The largest absolute Gasteiger partial charge is 0.369 e. The van der Waals surface area contributed by atoms with Gasteiger partial charge in [0.25, 0.3) is 0 Å². The van der Waals surface area contributed by atoms with Crippen LogP contribution in [0.4, 0.5) is 0 Å². The Bertz CT molecular complexity index is 89.1. The van der Waals surface area contributed by atoms with E-state index in [9.17, 15) is 9.90 Å². The van der Waals surface area contributed by atoms with Crippen LogP contribution in [0.2, 0.25) is 0 Å². The number of carbonyl (C=O) groups excluding carboxylic acids is 1. The fourth-order valence-corrected chi connectivity index (χ4v) is 0.630. The number of likely N-dealkylation sites (N-methyl/N-ethyl adjacent to an activating group) is 1. The topological polar surface area (TPSA) is 40.2 Å². The summed E-state index contributed by atoms with van der Waals surface area (Å²) in [7, 11) is 0. The highest BCUT2D eigenvalue weighted by atomic mass is 16.4. The molecule has 0 atom stereocenters. The second-order valence-corrected chi connectivity index (χ2v) is 1.83. The van der Waals surface area contributed by atoms with Crippen LogP contribution in [0, 0.1) is 0 Å². The molecule has 0 aliphatic carbocycles. The van der Waals surface area contributed by atoms with Gasteiger partial charge in [0.2, 0.25) is 0 Å². The molecule has 0 aromatic rings. The summed E-state index contributed by atoms with van der Waals surface area (Å²) in [6.07, 6.45) is 0. The molecule has 0 rings (SSSR count). The van der Waals surface area contributed by atoms with Crippen LogP contribution in [0.25, 0.3) is 0 Å². The standard InChI is InChI=1S/C6H12NO2/c1-3-7(4-2)5-6(8)9/h3-5H2,1-2H3. The molecule has 0 heterocycles. The minimum absolute atomic E-state index is 0.0486. The van der Waals surface area contributed by atoms with Gasteiger partial charge in [-0.15, -0.1) is 0 Å². The van der Waals surface area contributed by atoms with Crippen LogP contribution in [0.5, 0.6) is 0 Å². The van der Waals surface area contributed by atoms with Crippen molar-refractivity contribution < 1.29 is 9.90 Å². The van der Waals surface area contributed by atoms with Crippen LogP contribution in [0.1, 0.15) is 13.8 Å². The Hall–Kier alpha value is -0.570. The molecule has 0 saturated carbocycles. The third-order valence-corrected chi connectivity index (χ3v) is 1.25. The average molecular weight is 130 g/mol. The quantitative estimate of drug-likeness (QED) is 0.548. The van der Waals surface area contributed by atoms with Crippen LogP contribution in [-0.2, 0) is 9.90 Å². The first kappa shape index (κ1) is 8.43. The lowest BCUT2D eigenvalue weighted by atomic mass is 10.5. The van der Waals surface area contributed by atoms with Crippen molar-refractivity contribution in [1.82, 2.24) is 4.90 Å². The van der Waals surface area contributed by atoms with Gasteiger partial charge in [-0.3, -0.25) is 4.90 Å². The lowest BCUT2D eigenvalue weighted by molar-refractivity contribution is -0.144. The predicted octanol–water partition coefficient (Wildman–Crippen LogP) is 0.285. The Labute approximate surface area is 55.3 Å². The van der Waals surface area contributed by atoms with Crippen LogP contribution in [0.3, 0.4) is 0 Å². The van der Waals surface area contributed by atoms with Gasteiger partial charge < -0.3 is 0 Å². The molecule has 0 aliphatic heterocycles. The van der Waals surface area contributed by atoms with Crippen LogP contribution >= 0.6 is 0 Å². The van der Waals surface area contributed by atoms with Crippen molar-refractivity contribution in [2.24, 2.45) is 0 Å². The molecule has 0 saturated heterocycles. The number of carbonyl (C=O) groups is 1. The summed E-state index contributed by atoms with van der Waals surface area (Å²) in [5, 5.41) is 9.97. The summed E-state index contributed by atoms with van der Waals surface area (Å²) in [4.78, 5) is 11.8. The van der Waals surface area contributed by atoms with Crippen molar-refractivity contribution in [3.05, 3.63) is 0 Å². The van der Waals surface area contributed by atoms with Crippen molar-refractivity contribution in [2.75, 3.05) is 19.6 Å². The van der Waals surface area contributed by atoms with Crippen LogP contribution in [-0.4, -0.2) is 30.5 Å². The predicted molar refractivity (Wildman–Crippen MR) is 33.5 cm³/mol. The van der Waals surface area contributed by atoms with Gasteiger partial charge in [0.05, 0.1) is 0 Å². The summed E-state index contributed by atoms with van der Waals surface area (Å²) in [5.41, 5.74) is 0. The molecule has 0 aromatic heterocycles. The van der Waals surface area contributed by atoms with E-state index in [1.807, 2.05) is 13.8 Å². The van der Waals surface area contributed by atoms with Gasteiger partial charge in [-0.25, -0.2) is 9.90 Å². The molecule has 0 aliphatic rings. The molecule has 0 unspecified atom stereocenters. The molecule has 1 radical (unpaired) electrons. The van der Waals surface area contributed by atoms with Crippen molar-refractivity contribution in [3.8, 4) is 0 Å². The molecular weight excluding hydrogens is 118 g/mol. The molecule has 0 spiro atoms. The highest BCUT2D eigenvalue weighted by Crippen LogP contribution is 1.84. The van der Waals surface area contributed by atoms with Gasteiger partial charge >= 0.3 is 5.97 Å². The van der Waals surface area contributed by atoms with E-state index in [2.05, 4.69) is 0 Å². The third kappa shape index (κ3) is 3.97. The maximum atomic E-state index is 9.97. The van der Waals surface area contributed by atoms with Crippen LogP contribution < -0.4 is 0 Å². The van der Waals surface area contributed by atoms with Gasteiger partial charge in [0.15, 0.2) is 0 Å². The smallest absolute Gasteiger partial charge is 0.293 e. The SMILES string of the molecule is CCN(CC)CC([O])=O. The van der Waals surface area contributed by atoms with E-state index in [0.29, 0.717) is 0 Å². The molecule has 0 fully saturated rings. The zero-order valence-corrected chi connectivity index (χ0v) is 5.89. The van der Waals surface area contributed by atoms with E-state index >= 15 is 0 Å². The molecule has 0 amide bonds. The Morgan fingerprint density at radius 2 is 1.78 bits per heavy atom. The number of hydrogen-bond acceptors (Lipinski definition) is 2. The Morgan fingerprint density at radius 1 is 1.33 bits per heavy atom. The minimum atomic E-state index is -1.00. The molecule has 9 heavy (non-hydrogen) atoms. The summed E-state index contributed by atoms with van der Waals surface area (Å²) >= 11 is 0. The molecule has 3 heteroatoms. The fourth-order valence-electron chi connectivity index (χ4n) is 0.630. The van der Waals surface area contributed by atoms with Crippen molar-refractivity contribution in [2.45, 2.75) is 13.8 Å². The van der Waals surface area contributed by atoms with Gasteiger partial charge in [-0.2, -0.15) is 0 Å². The summed E-state index contributed by atoms with van der Waals surface area (Å²) in [6.45, 7) is 5.43. The molecule has 53 valence electrons. The number of rotatable bonds is 4. The van der Waals surface area contributed by atoms with E-state index in [0.717, 1.165) is 13.1 Å². The first-order valence-electron chi connectivity index (χ1n) is 3.12. The Balaban J connectivity index is 3.43. The highest BCUT2D eigenvalue weighted by molar-refractivity contribution is 5.68. The monoisotopic (exact) mass is 130 g/mol. The van der Waals surface area contributed by atoms with E-state index in [4.69, 9.17) is 0 Å². The van der Waals surface area contributed by atoms with Crippen LogP contribution in [0.15, 0.2) is 0 Å². The highest BCUT2D eigenvalue weighted by Gasteiger charge is 2.04. The first-order chi connectivity index (χ1) is 4.20. The molecule has 3 nitrogen and oxygen atoms in total. The fraction of sp³-hybridized carbons (Fsp3) is 0.833. The summed E-state index contributed by atoms with van der Waals surface area (Å²) < 4.78 is 0. The van der Waals surface area contributed by atoms with Gasteiger partial charge in [0.1, 0.15) is 6.54 Å². The maximum Gasteiger partial charge on any atom is 0.369 e. The third-order valence-electron chi connectivity index (χ3n) is 1.25. The lowest BCUT2D eigenvalue weighted by Gasteiger charge is -2.12. The van der Waals surface area contributed by atoms with Crippen molar-refractivity contribution in [3.63, 3.8) is 0 Å². The average Bonchev–Trinajstić information content (AvgIpc) is 1.82. The van der Waals surface area contributed by atoms with E-state index < -0.39 is 5.97 Å². The maximum absolute atomic E-state index is 9.97. The lowest BCUT2D eigenvalue weighted by Crippen LogP contribution is -2.28. The Kier molecular flexibility index (Phi) is 4.05. The zero-order chi connectivity index (χ0) is 7.28. The second kappa shape index (κ2) is 4.32. The zero-order valence-electron chi connectivity index (χ0n) is 5.89. The Morgan fingerprint density at radius 3 is 1.89 bits per heavy atom. The number of nitrogens with zero attached hydrogens (tertiary/aromatic N) is 1. The molecule has 0 N–H and O–H groups in total. The second-order valence-electron chi connectivity index (χ2n) is 1.83. The number of hydrogen-bond donors (Lipinski definition) is 0. The van der Waals surface area contributed by atoms with Gasteiger partial charge in [0, 0.05) is 0 Å². The molecule has 0 bridgehead atoms. The normalized spacial score (nSPS) is 10.1. The van der Waals surface area contributed by atoms with Gasteiger partial charge in [-0.05, 0) is 13.1 Å². The molecule has 0 aromatic carbocycles. The van der Waals surface area contributed by atoms with Crippen molar-refractivity contribution in [1.29, 1.82) is 0 Å². The van der Waals surface area contributed by atoms with E-state index in [1.54, 1.807) is 4.90 Å². The minimum Gasteiger partial charge on any atom is -0.293 e. The van der Waals surface area contributed by atoms with E-state index in [1.165, 1.54) is 0 Å². The molecular formula is C6H12NO2. The van der Waals surface area contributed by atoms with Crippen molar-refractivity contribution >= 4 is 5.97 Å². The van der Waals surface area contributed by atoms with E-state index in [-0.39, 0.29) is 6.54 Å². The van der Waals surface area contributed by atoms with Gasteiger partial charge in [-0.1, -0.05) is 13.8 Å². The summed E-state index contributed by atoms with van der Waals surface area (Å²) in [5.74, 6) is -1.00.